The lowest BCUT2D eigenvalue weighted by Crippen LogP contribution is -2.06. The summed E-state index contributed by atoms with van der Waals surface area (Å²) in [4.78, 5) is 10.9. The van der Waals surface area contributed by atoms with Crippen molar-refractivity contribution in [3.63, 3.8) is 0 Å². The van der Waals surface area contributed by atoms with Crippen LogP contribution in [0.1, 0.15) is 25.5 Å². The summed E-state index contributed by atoms with van der Waals surface area (Å²) < 4.78 is 2.37. The molecule has 3 rings (SSSR count). The number of hydrogen-bond donors (Lipinski definition) is 0. The Morgan fingerprint density at radius 1 is 1.04 bits per heavy atom. The molecule has 1 heterocycles. The molecule has 0 N–H and O–H groups in total. The van der Waals surface area contributed by atoms with Crippen molar-refractivity contribution in [3.05, 3.63) is 59.1 Å². The largest absolute Gasteiger partial charge is 0.351 e. The third-order valence-electron chi connectivity index (χ3n) is 3.88. The van der Waals surface area contributed by atoms with Gasteiger partial charge < -0.3 is 9.47 Å². The van der Waals surface area contributed by atoms with Crippen LogP contribution in [0, 0.1) is 6.92 Å². The number of fused-ring (bicyclic) bond motifs is 1. The average Bonchev–Trinajstić information content (AvgIpc) is 2.94. The van der Waals surface area contributed by atoms with E-state index in [1.165, 1.54) is 32.6 Å². The summed E-state index contributed by atoms with van der Waals surface area (Å²) in [6.45, 7) is 6.54. The first-order valence-electron chi connectivity index (χ1n) is 8.32. The van der Waals surface area contributed by atoms with E-state index < -0.39 is 0 Å². The summed E-state index contributed by atoms with van der Waals surface area (Å²) in [5.74, 6) is 0. The molecule has 0 aliphatic heterocycles. The van der Waals surface area contributed by atoms with Gasteiger partial charge in [0.25, 0.3) is 0 Å². The van der Waals surface area contributed by atoms with Crippen LogP contribution in [0.4, 0.5) is 0 Å². The zero-order valence-corrected chi connectivity index (χ0v) is 16.2. The fraction of sp³-hybridized carbons (Fsp3) is 0.286. The van der Waals surface area contributed by atoms with E-state index in [4.69, 9.17) is 11.6 Å². The fourth-order valence-electron chi connectivity index (χ4n) is 2.71. The molecule has 0 fully saturated rings. The standard InChI is InChI=1S/C18H18ClN.C3H7NO/c1-12(2)20-17-9-8-16(19)10-15(17)11-18(20)14-6-4-13(3)5-7-14;1-4(2)3-5/h4-12H,1-3H3;3H,1-2H3. The molecular formula is C21H25ClN2O. The van der Waals surface area contributed by atoms with E-state index in [-0.39, 0.29) is 0 Å². The van der Waals surface area contributed by atoms with Crippen molar-refractivity contribution in [2.75, 3.05) is 14.1 Å². The summed E-state index contributed by atoms with van der Waals surface area (Å²) in [5, 5.41) is 1.98. The topological polar surface area (TPSA) is 25.2 Å². The van der Waals surface area contributed by atoms with E-state index in [1.54, 1.807) is 14.1 Å². The minimum absolute atomic E-state index is 0.407. The monoisotopic (exact) mass is 356 g/mol. The molecule has 0 unspecified atom stereocenters. The molecule has 0 saturated carbocycles. The number of halogens is 1. The normalized spacial score (nSPS) is 10.5. The SMILES string of the molecule is CN(C)C=O.Cc1ccc(-c2cc3cc(Cl)ccc3n2C(C)C)cc1. The second-order valence-electron chi connectivity index (χ2n) is 6.63. The zero-order chi connectivity index (χ0) is 18.6. The fourth-order valence-corrected chi connectivity index (χ4v) is 2.89. The van der Waals surface area contributed by atoms with Crippen molar-refractivity contribution in [3.8, 4) is 11.3 Å². The maximum atomic E-state index is 9.43. The molecule has 2 aromatic carbocycles. The minimum Gasteiger partial charge on any atom is -0.351 e. The maximum Gasteiger partial charge on any atom is 0.209 e. The highest BCUT2D eigenvalue weighted by Crippen LogP contribution is 2.32. The number of aromatic nitrogens is 1. The first-order chi connectivity index (χ1) is 11.8. The van der Waals surface area contributed by atoms with E-state index in [2.05, 4.69) is 61.7 Å². The molecule has 3 nitrogen and oxygen atoms in total. The molecule has 0 bridgehead atoms. The Balaban J connectivity index is 0.000000399. The van der Waals surface area contributed by atoms with Crippen LogP contribution in [0.25, 0.3) is 22.2 Å². The lowest BCUT2D eigenvalue weighted by atomic mass is 10.1. The smallest absolute Gasteiger partial charge is 0.209 e. The summed E-state index contributed by atoms with van der Waals surface area (Å²) in [6.07, 6.45) is 0.750. The number of carbonyl (C=O) groups is 1. The van der Waals surface area contributed by atoms with Gasteiger partial charge in [-0.15, -0.1) is 0 Å². The van der Waals surface area contributed by atoms with Crippen molar-refractivity contribution in [2.24, 2.45) is 0 Å². The maximum absolute atomic E-state index is 9.43. The molecule has 1 amide bonds. The minimum atomic E-state index is 0.407. The lowest BCUT2D eigenvalue weighted by Gasteiger charge is -2.15. The average molecular weight is 357 g/mol. The Bertz CT molecular complexity index is 848. The Labute approximate surface area is 154 Å². The van der Waals surface area contributed by atoms with Gasteiger partial charge in [0.05, 0.1) is 0 Å². The lowest BCUT2D eigenvalue weighted by molar-refractivity contribution is -0.115. The van der Waals surface area contributed by atoms with Gasteiger partial charge in [0.1, 0.15) is 0 Å². The second-order valence-corrected chi connectivity index (χ2v) is 7.07. The highest BCUT2D eigenvalue weighted by molar-refractivity contribution is 6.31. The highest BCUT2D eigenvalue weighted by atomic mass is 35.5. The molecule has 3 aromatic rings. The quantitative estimate of drug-likeness (QED) is 0.564. The summed E-state index contributed by atoms with van der Waals surface area (Å²) in [6, 6.07) is 17.4. The molecule has 0 aliphatic carbocycles. The van der Waals surface area contributed by atoms with Gasteiger partial charge in [-0.1, -0.05) is 41.4 Å². The number of hydrogen-bond acceptors (Lipinski definition) is 1. The van der Waals surface area contributed by atoms with Crippen molar-refractivity contribution in [1.29, 1.82) is 0 Å². The third-order valence-corrected chi connectivity index (χ3v) is 4.11. The third kappa shape index (κ3) is 4.64. The molecule has 0 aliphatic rings. The van der Waals surface area contributed by atoms with Crippen molar-refractivity contribution in [2.45, 2.75) is 26.8 Å². The Morgan fingerprint density at radius 3 is 2.16 bits per heavy atom. The Hall–Kier alpha value is -2.26. The van der Waals surface area contributed by atoms with Crippen molar-refractivity contribution in [1.82, 2.24) is 9.47 Å². The van der Waals surface area contributed by atoms with E-state index in [9.17, 15) is 4.79 Å². The van der Waals surface area contributed by atoms with Crippen LogP contribution in [0.15, 0.2) is 48.5 Å². The second kappa shape index (κ2) is 8.21. The van der Waals surface area contributed by atoms with Crippen LogP contribution in [0.5, 0.6) is 0 Å². The predicted octanol–water partition coefficient (Wildman–Crippen LogP) is 5.56. The summed E-state index contributed by atoms with van der Waals surface area (Å²) in [7, 11) is 3.38. The van der Waals surface area contributed by atoms with E-state index >= 15 is 0 Å². The predicted molar refractivity (Wildman–Crippen MR) is 107 cm³/mol. The molecule has 0 atom stereocenters. The van der Waals surface area contributed by atoms with Gasteiger partial charge >= 0.3 is 0 Å². The molecule has 4 heteroatoms. The van der Waals surface area contributed by atoms with Gasteiger partial charge in [-0.05, 0) is 50.6 Å². The van der Waals surface area contributed by atoms with E-state index in [1.807, 2.05) is 12.1 Å². The van der Waals surface area contributed by atoms with Crippen LogP contribution in [0.3, 0.4) is 0 Å². The van der Waals surface area contributed by atoms with Gasteiger partial charge in [-0.25, -0.2) is 0 Å². The van der Waals surface area contributed by atoms with Crippen molar-refractivity contribution < 1.29 is 4.79 Å². The van der Waals surface area contributed by atoms with Gasteiger partial charge in [-0.2, -0.15) is 0 Å². The van der Waals surface area contributed by atoms with Crippen LogP contribution >= 0.6 is 11.6 Å². The zero-order valence-electron chi connectivity index (χ0n) is 15.5. The summed E-state index contributed by atoms with van der Waals surface area (Å²) >= 11 is 6.12. The van der Waals surface area contributed by atoms with E-state index in [0.717, 1.165) is 11.4 Å². The molecule has 1 aromatic heterocycles. The van der Waals surface area contributed by atoms with Crippen LogP contribution < -0.4 is 0 Å². The Morgan fingerprint density at radius 2 is 1.64 bits per heavy atom. The molecule has 0 saturated heterocycles. The van der Waals surface area contributed by atoms with Crippen LogP contribution in [0.2, 0.25) is 5.02 Å². The number of amides is 1. The van der Waals surface area contributed by atoms with E-state index in [0.29, 0.717) is 6.04 Å². The molecule has 132 valence electrons. The van der Waals surface area contributed by atoms with Crippen molar-refractivity contribution >= 4 is 28.9 Å². The molecule has 0 radical (unpaired) electrons. The van der Waals surface area contributed by atoms with Crippen LogP contribution in [-0.2, 0) is 4.79 Å². The number of nitrogens with zero attached hydrogens (tertiary/aromatic N) is 2. The highest BCUT2D eigenvalue weighted by Gasteiger charge is 2.13. The molecule has 0 spiro atoms. The van der Waals surface area contributed by atoms with Gasteiger partial charge in [-0.3, -0.25) is 4.79 Å². The molecule has 25 heavy (non-hydrogen) atoms. The first-order valence-corrected chi connectivity index (χ1v) is 8.70. The number of rotatable bonds is 3. The molecular weight excluding hydrogens is 332 g/mol. The van der Waals surface area contributed by atoms with Gasteiger partial charge in [0, 0.05) is 41.8 Å². The first kappa shape index (κ1) is 19.1. The van der Waals surface area contributed by atoms with Gasteiger partial charge in [0.2, 0.25) is 6.41 Å². The number of aryl methyl sites for hydroxylation is 1. The number of carbonyl (C=O) groups excluding carboxylic acids is 1. The Kier molecular flexibility index (Phi) is 6.27. The summed E-state index contributed by atoms with van der Waals surface area (Å²) in [5.41, 5.74) is 5.01. The number of benzene rings is 2. The van der Waals surface area contributed by atoms with Gasteiger partial charge in [0.15, 0.2) is 0 Å². The van der Waals surface area contributed by atoms with Crippen LogP contribution in [-0.4, -0.2) is 30.0 Å².